The average molecular weight is 336 g/mol. The SMILES string of the molecule is CCc1ccc([C@H](COC)NC(=O)c2ccc([N+](=O)[O-])cc2F)o1. The van der Waals surface area contributed by atoms with Gasteiger partial charge in [-0.3, -0.25) is 14.9 Å². The number of aryl methyl sites for hydroxylation is 1. The van der Waals surface area contributed by atoms with Crippen LogP contribution in [0.3, 0.4) is 0 Å². The minimum Gasteiger partial charge on any atom is -0.464 e. The van der Waals surface area contributed by atoms with Crippen LogP contribution in [-0.2, 0) is 11.2 Å². The molecular weight excluding hydrogens is 319 g/mol. The molecule has 1 heterocycles. The standard InChI is InChI=1S/C16H17FN2O5/c1-3-11-5-7-15(24-11)14(9-23-2)18-16(20)12-6-4-10(19(21)22)8-13(12)17/h4-8,14H,3,9H2,1-2H3,(H,18,20)/t14-/m0/s1. The number of rotatable bonds is 7. The van der Waals surface area contributed by atoms with Gasteiger partial charge in [0.2, 0.25) is 0 Å². The van der Waals surface area contributed by atoms with E-state index in [1.165, 1.54) is 7.11 Å². The van der Waals surface area contributed by atoms with Gasteiger partial charge >= 0.3 is 0 Å². The number of nitro benzene ring substituents is 1. The van der Waals surface area contributed by atoms with Crippen LogP contribution >= 0.6 is 0 Å². The maximum absolute atomic E-state index is 13.9. The summed E-state index contributed by atoms with van der Waals surface area (Å²) in [7, 11) is 1.47. The Hall–Kier alpha value is -2.74. The Morgan fingerprint density at radius 3 is 2.71 bits per heavy atom. The molecule has 0 unspecified atom stereocenters. The van der Waals surface area contributed by atoms with Gasteiger partial charge in [-0.1, -0.05) is 6.92 Å². The lowest BCUT2D eigenvalue weighted by atomic mass is 10.1. The molecule has 8 heteroatoms. The van der Waals surface area contributed by atoms with Gasteiger partial charge in [-0.2, -0.15) is 0 Å². The molecule has 24 heavy (non-hydrogen) atoms. The summed E-state index contributed by atoms with van der Waals surface area (Å²) in [5.74, 6) is -0.434. The number of non-ortho nitro benzene ring substituents is 1. The van der Waals surface area contributed by atoms with Crippen LogP contribution in [0.4, 0.5) is 10.1 Å². The highest BCUT2D eigenvalue weighted by Gasteiger charge is 2.22. The van der Waals surface area contributed by atoms with Gasteiger partial charge in [-0.15, -0.1) is 0 Å². The summed E-state index contributed by atoms with van der Waals surface area (Å²) < 4.78 is 24.6. The first-order valence-electron chi connectivity index (χ1n) is 7.28. The van der Waals surface area contributed by atoms with Crippen LogP contribution in [0.15, 0.2) is 34.7 Å². The molecule has 7 nitrogen and oxygen atoms in total. The van der Waals surface area contributed by atoms with E-state index in [1.807, 2.05) is 6.92 Å². The number of hydrogen-bond donors (Lipinski definition) is 1. The zero-order chi connectivity index (χ0) is 17.7. The van der Waals surface area contributed by atoms with Crippen molar-refractivity contribution < 1.29 is 23.3 Å². The van der Waals surface area contributed by atoms with Crippen LogP contribution in [-0.4, -0.2) is 24.5 Å². The lowest BCUT2D eigenvalue weighted by Crippen LogP contribution is -2.31. The first-order valence-corrected chi connectivity index (χ1v) is 7.28. The summed E-state index contributed by atoms with van der Waals surface area (Å²) in [6.45, 7) is 2.07. The molecule has 2 aromatic rings. The third-order valence-electron chi connectivity index (χ3n) is 3.42. The number of benzene rings is 1. The van der Waals surface area contributed by atoms with Crippen molar-refractivity contribution in [3.8, 4) is 0 Å². The highest BCUT2D eigenvalue weighted by molar-refractivity contribution is 5.94. The van der Waals surface area contributed by atoms with Crippen LogP contribution < -0.4 is 5.32 Å². The van der Waals surface area contributed by atoms with E-state index >= 15 is 0 Å². The summed E-state index contributed by atoms with van der Waals surface area (Å²) in [5, 5.41) is 13.2. The molecule has 1 amide bonds. The predicted octanol–water partition coefficient (Wildman–Crippen LogP) is 3.01. The Bertz CT molecular complexity index is 744. The Morgan fingerprint density at radius 1 is 1.42 bits per heavy atom. The van der Waals surface area contributed by atoms with Gasteiger partial charge in [0.25, 0.3) is 11.6 Å². The average Bonchev–Trinajstić information content (AvgIpc) is 3.03. The fraction of sp³-hybridized carbons (Fsp3) is 0.312. The fourth-order valence-electron chi connectivity index (χ4n) is 2.17. The molecule has 0 radical (unpaired) electrons. The summed E-state index contributed by atoms with van der Waals surface area (Å²) in [5.41, 5.74) is -0.708. The number of methoxy groups -OCH3 is 1. The molecule has 0 spiro atoms. The number of carbonyl (C=O) groups excluding carboxylic acids is 1. The molecule has 2 rings (SSSR count). The van der Waals surface area contributed by atoms with Crippen molar-refractivity contribution in [3.63, 3.8) is 0 Å². The van der Waals surface area contributed by atoms with E-state index in [0.29, 0.717) is 18.2 Å². The van der Waals surface area contributed by atoms with Crippen molar-refractivity contribution in [1.82, 2.24) is 5.32 Å². The highest BCUT2D eigenvalue weighted by atomic mass is 19.1. The zero-order valence-corrected chi connectivity index (χ0v) is 13.2. The monoisotopic (exact) mass is 336 g/mol. The second-order valence-electron chi connectivity index (χ2n) is 5.06. The molecule has 128 valence electrons. The maximum atomic E-state index is 13.9. The number of nitro groups is 1. The van der Waals surface area contributed by atoms with Gasteiger partial charge in [0.1, 0.15) is 23.4 Å². The molecule has 1 N–H and O–H groups in total. The summed E-state index contributed by atoms with van der Waals surface area (Å²) in [6.07, 6.45) is 0.699. The molecule has 0 aliphatic rings. The molecule has 0 aliphatic heterocycles. The number of carbonyl (C=O) groups is 1. The number of nitrogens with zero attached hydrogens (tertiary/aromatic N) is 1. The van der Waals surface area contributed by atoms with Crippen molar-refractivity contribution in [2.45, 2.75) is 19.4 Å². The Balaban J connectivity index is 2.20. The minimum atomic E-state index is -0.966. The smallest absolute Gasteiger partial charge is 0.272 e. The molecular formula is C16H17FN2O5. The number of amides is 1. The molecule has 0 saturated heterocycles. The van der Waals surface area contributed by atoms with Crippen molar-refractivity contribution >= 4 is 11.6 Å². The second kappa shape index (κ2) is 7.69. The molecule has 1 atom stereocenters. The molecule has 0 aliphatic carbocycles. The van der Waals surface area contributed by atoms with E-state index in [2.05, 4.69) is 5.32 Å². The largest absolute Gasteiger partial charge is 0.464 e. The van der Waals surface area contributed by atoms with E-state index in [0.717, 1.165) is 17.9 Å². The van der Waals surface area contributed by atoms with E-state index in [-0.39, 0.29) is 12.2 Å². The first kappa shape index (κ1) is 17.6. The normalized spacial score (nSPS) is 12.0. The van der Waals surface area contributed by atoms with Crippen molar-refractivity contribution in [2.75, 3.05) is 13.7 Å². The maximum Gasteiger partial charge on any atom is 0.272 e. The Kier molecular flexibility index (Phi) is 5.64. The Morgan fingerprint density at radius 2 is 2.17 bits per heavy atom. The number of halogens is 1. The lowest BCUT2D eigenvalue weighted by molar-refractivity contribution is -0.385. The number of hydrogen-bond acceptors (Lipinski definition) is 5. The second-order valence-corrected chi connectivity index (χ2v) is 5.06. The Labute approximate surface area is 137 Å². The van der Waals surface area contributed by atoms with Gasteiger partial charge in [0.05, 0.1) is 23.2 Å². The third-order valence-corrected chi connectivity index (χ3v) is 3.42. The lowest BCUT2D eigenvalue weighted by Gasteiger charge is -2.16. The van der Waals surface area contributed by atoms with Gasteiger partial charge in [-0.25, -0.2) is 4.39 Å². The molecule has 1 aromatic heterocycles. The van der Waals surface area contributed by atoms with Gasteiger partial charge in [0.15, 0.2) is 0 Å². The van der Waals surface area contributed by atoms with E-state index in [9.17, 15) is 19.3 Å². The topological polar surface area (TPSA) is 94.6 Å². The quantitative estimate of drug-likeness (QED) is 0.619. The van der Waals surface area contributed by atoms with Crippen LogP contribution in [0.25, 0.3) is 0 Å². The third kappa shape index (κ3) is 3.96. The van der Waals surface area contributed by atoms with Crippen molar-refractivity contribution in [3.05, 3.63) is 63.3 Å². The summed E-state index contributed by atoms with van der Waals surface area (Å²) >= 11 is 0. The van der Waals surface area contributed by atoms with Crippen LogP contribution in [0, 0.1) is 15.9 Å². The predicted molar refractivity (Wildman–Crippen MR) is 83.2 cm³/mol. The zero-order valence-electron chi connectivity index (χ0n) is 13.2. The van der Waals surface area contributed by atoms with Crippen molar-refractivity contribution in [1.29, 1.82) is 0 Å². The minimum absolute atomic E-state index is 0.136. The highest BCUT2D eigenvalue weighted by Crippen LogP contribution is 2.20. The number of nitrogens with one attached hydrogen (secondary N) is 1. The van der Waals surface area contributed by atoms with E-state index in [1.54, 1.807) is 12.1 Å². The fourth-order valence-corrected chi connectivity index (χ4v) is 2.17. The van der Waals surface area contributed by atoms with Gasteiger partial charge < -0.3 is 14.5 Å². The number of furan rings is 1. The van der Waals surface area contributed by atoms with E-state index in [4.69, 9.17) is 9.15 Å². The summed E-state index contributed by atoms with van der Waals surface area (Å²) in [6, 6.07) is 5.77. The molecule has 1 aromatic carbocycles. The van der Waals surface area contributed by atoms with Gasteiger partial charge in [-0.05, 0) is 18.2 Å². The first-order chi connectivity index (χ1) is 11.5. The van der Waals surface area contributed by atoms with E-state index < -0.39 is 28.4 Å². The van der Waals surface area contributed by atoms with Crippen LogP contribution in [0.1, 0.15) is 34.8 Å². The van der Waals surface area contributed by atoms with Crippen molar-refractivity contribution in [2.24, 2.45) is 0 Å². The van der Waals surface area contributed by atoms with Crippen LogP contribution in [0.2, 0.25) is 0 Å². The number of ether oxygens (including phenoxy) is 1. The van der Waals surface area contributed by atoms with Gasteiger partial charge in [0, 0.05) is 19.6 Å². The summed E-state index contributed by atoms with van der Waals surface area (Å²) in [4.78, 5) is 22.2. The molecule has 0 fully saturated rings. The molecule has 0 saturated carbocycles. The molecule has 0 bridgehead atoms. The van der Waals surface area contributed by atoms with Crippen LogP contribution in [0.5, 0.6) is 0 Å².